The Kier molecular flexibility index (Phi) is 11.1. The van der Waals surface area contributed by atoms with Crippen molar-refractivity contribution in [1.82, 2.24) is 10.6 Å². The van der Waals surface area contributed by atoms with Crippen molar-refractivity contribution in [2.45, 2.75) is 39.8 Å². The Bertz CT molecular complexity index is 1750. The van der Waals surface area contributed by atoms with E-state index in [4.69, 9.17) is 9.98 Å². The quantitative estimate of drug-likeness (QED) is 0.0872. The SMILES string of the molecule is CC(C)N/C(=N\c1ccc(/N=C(\NC(C)C)P(c2ccccc2)c2ccccc2)c2ccccc12)P(c1ccccc1)c1ccccc1. The van der Waals surface area contributed by atoms with Crippen molar-refractivity contribution in [1.29, 1.82) is 0 Å². The van der Waals surface area contributed by atoms with Crippen LogP contribution >= 0.6 is 15.8 Å². The summed E-state index contributed by atoms with van der Waals surface area (Å²) in [4.78, 5) is 10.9. The molecular formula is C42H42N4P2. The van der Waals surface area contributed by atoms with Crippen LogP contribution < -0.4 is 31.9 Å². The van der Waals surface area contributed by atoms with Crippen molar-refractivity contribution in [3.8, 4) is 0 Å². The van der Waals surface area contributed by atoms with Crippen LogP contribution in [0.25, 0.3) is 10.8 Å². The summed E-state index contributed by atoms with van der Waals surface area (Å²) in [6.07, 6.45) is 0. The van der Waals surface area contributed by atoms with Crippen LogP contribution in [0.15, 0.2) is 168 Å². The van der Waals surface area contributed by atoms with Gasteiger partial charge in [-0.15, -0.1) is 0 Å². The summed E-state index contributed by atoms with van der Waals surface area (Å²) in [6.45, 7) is 8.71. The fourth-order valence-corrected chi connectivity index (χ4v) is 10.2. The molecule has 48 heavy (non-hydrogen) atoms. The highest BCUT2D eigenvalue weighted by atomic mass is 31.1. The molecule has 0 fully saturated rings. The first kappa shape index (κ1) is 33.3. The maximum absolute atomic E-state index is 5.45. The Hall–Kier alpha value is -4.62. The predicted molar refractivity (Wildman–Crippen MR) is 213 cm³/mol. The first-order valence-corrected chi connectivity index (χ1v) is 19.2. The van der Waals surface area contributed by atoms with Crippen molar-refractivity contribution in [2.75, 3.05) is 0 Å². The fourth-order valence-electron chi connectivity index (χ4n) is 5.60. The fraction of sp³-hybridized carbons (Fsp3) is 0.143. The number of rotatable bonds is 10. The third-order valence-corrected chi connectivity index (χ3v) is 12.2. The molecule has 6 heteroatoms. The van der Waals surface area contributed by atoms with E-state index in [0.29, 0.717) is 0 Å². The van der Waals surface area contributed by atoms with Crippen LogP contribution in [0.4, 0.5) is 11.4 Å². The summed E-state index contributed by atoms with van der Waals surface area (Å²) in [5.41, 5.74) is 3.83. The number of hydrogen-bond acceptors (Lipinski definition) is 2. The van der Waals surface area contributed by atoms with Crippen molar-refractivity contribution in [3.63, 3.8) is 0 Å². The van der Waals surface area contributed by atoms with Gasteiger partial charge in [-0.2, -0.15) is 0 Å². The summed E-state index contributed by atoms with van der Waals surface area (Å²) in [7, 11) is -1.83. The maximum atomic E-state index is 5.45. The lowest BCUT2D eigenvalue weighted by atomic mass is 10.1. The van der Waals surface area contributed by atoms with Crippen LogP contribution in [-0.4, -0.2) is 23.2 Å². The summed E-state index contributed by atoms with van der Waals surface area (Å²) >= 11 is 0. The van der Waals surface area contributed by atoms with Gasteiger partial charge in [0.25, 0.3) is 0 Å². The van der Waals surface area contributed by atoms with Crippen molar-refractivity contribution in [2.24, 2.45) is 9.98 Å². The molecule has 6 aromatic rings. The number of fused-ring (bicyclic) bond motifs is 1. The molecule has 0 spiro atoms. The van der Waals surface area contributed by atoms with E-state index in [2.05, 4.69) is 196 Å². The zero-order valence-electron chi connectivity index (χ0n) is 28.0. The van der Waals surface area contributed by atoms with E-state index in [9.17, 15) is 0 Å². The van der Waals surface area contributed by atoms with Crippen LogP contribution in [0.2, 0.25) is 0 Å². The Morgan fingerprint density at radius 2 is 0.667 bits per heavy atom. The molecule has 4 nitrogen and oxygen atoms in total. The van der Waals surface area contributed by atoms with Gasteiger partial charge in [0.1, 0.15) is 11.2 Å². The molecule has 0 saturated carbocycles. The molecule has 0 amide bonds. The van der Waals surface area contributed by atoms with Crippen LogP contribution in [0.1, 0.15) is 27.7 Å². The van der Waals surface area contributed by atoms with Crippen LogP contribution in [0, 0.1) is 0 Å². The molecule has 0 bridgehead atoms. The summed E-state index contributed by atoms with van der Waals surface area (Å²) in [5, 5.41) is 14.7. The second-order valence-electron chi connectivity index (χ2n) is 12.1. The van der Waals surface area contributed by atoms with Gasteiger partial charge in [-0.25, -0.2) is 9.98 Å². The Balaban J connectivity index is 1.52. The zero-order valence-corrected chi connectivity index (χ0v) is 29.7. The lowest BCUT2D eigenvalue weighted by Crippen LogP contribution is -2.34. The van der Waals surface area contributed by atoms with Crippen molar-refractivity contribution < 1.29 is 0 Å². The van der Waals surface area contributed by atoms with E-state index < -0.39 is 15.8 Å². The highest BCUT2D eigenvalue weighted by Gasteiger charge is 2.24. The highest BCUT2D eigenvalue weighted by Crippen LogP contribution is 2.41. The monoisotopic (exact) mass is 664 g/mol. The van der Waals surface area contributed by atoms with Crippen molar-refractivity contribution in [3.05, 3.63) is 158 Å². The molecule has 0 saturated heterocycles. The highest BCUT2D eigenvalue weighted by molar-refractivity contribution is 7.88. The second kappa shape index (κ2) is 16.0. The summed E-state index contributed by atoms with van der Waals surface area (Å²) < 4.78 is 0. The first-order valence-electron chi connectivity index (χ1n) is 16.5. The molecule has 0 radical (unpaired) electrons. The summed E-state index contributed by atoms with van der Waals surface area (Å²) in [5.74, 6) is 0. The maximum Gasteiger partial charge on any atom is 0.134 e. The minimum absolute atomic E-state index is 0.219. The molecule has 0 atom stereocenters. The van der Waals surface area contributed by atoms with E-state index in [-0.39, 0.29) is 12.1 Å². The van der Waals surface area contributed by atoms with E-state index in [1.165, 1.54) is 21.2 Å². The number of benzene rings is 6. The van der Waals surface area contributed by atoms with E-state index in [1.807, 2.05) is 0 Å². The van der Waals surface area contributed by atoms with Crippen LogP contribution in [-0.2, 0) is 0 Å². The number of nitrogens with zero attached hydrogens (tertiary/aromatic N) is 2. The molecule has 6 rings (SSSR count). The van der Waals surface area contributed by atoms with Gasteiger partial charge < -0.3 is 10.6 Å². The van der Waals surface area contributed by atoms with Gasteiger partial charge in [0.2, 0.25) is 0 Å². The van der Waals surface area contributed by atoms with Crippen molar-refractivity contribution >= 4 is 70.4 Å². The van der Waals surface area contributed by atoms with Gasteiger partial charge >= 0.3 is 0 Å². The van der Waals surface area contributed by atoms with Crippen LogP contribution in [0.3, 0.4) is 0 Å². The lowest BCUT2D eigenvalue weighted by molar-refractivity contribution is 0.739. The minimum atomic E-state index is -0.914. The second-order valence-corrected chi connectivity index (χ2v) is 16.4. The van der Waals surface area contributed by atoms with Crippen LogP contribution in [0.5, 0.6) is 0 Å². The van der Waals surface area contributed by atoms with Gasteiger partial charge in [0, 0.05) is 38.7 Å². The molecule has 240 valence electrons. The summed E-state index contributed by atoms with van der Waals surface area (Å²) in [6, 6.07) is 56.2. The third kappa shape index (κ3) is 8.08. The topological polar surface area (TPSA) is 48.8 Å². The van der Waals surface area contributed by atoms with E-state index in [1.54, 1.807) is 0 Å². The predicted octanol–water partition coefficient (Wildman–Crippen LogP) is 9.08. The average Bonchev–Trinajstić information content (AvgIpc) is 3.11. The molecule has 0 aromatic heterocycles. The Labute approximate surface area is 287 Å². The lowest BCUT2D eigenvalue weighted by Gasteiger charge is -2.25. The number of aliphatic imine (C=N–C) groups is 2. The smallest absolute Gasteiger partial charge is 0.134 e. The van der Waals surface area contributed by atoms with E-state index >= 15 is 0 Å². The Morgan fingerprint density at radius 3 is 0.938 bits per heavy atom. The van der Waals surface area contributed by atoms with Gasteiger partial charge in [-0.3, -0.25) is 0 Å². The molecule has 0 aliphatic carbocycles. The standard InChI is InChI=1S/C42H42N4P2/c1-31(2)43-41(47(33-19-9-5-10-20-33)34-21-11-6-12-22-34)45-39-29-30-40(38-28-18-17-27-37(38)39)46-42(44-32(3)4)48(35-23-13-7-14-24-35)36-25-15-8-16-26-36/h5-32H,1-4H3,(H,43,45)(H,44,46). The molecule has 0 aliphatic rings. The molecule has 0 aliphatic heterocycles. The molecule has 6 aromatic carbocycles. The van der Waals surface area contributed by atoms with E-state index in [0.717, 1.165) is 33.3 Å². The molecular weight excluding hydrogens is 622 g/mol. The van der Waals surface area contributed by atoms with Gasteiger partial charge in [0.15, 0.2) is 0 Å². The normalized spacial score (nSPS) is 12.3. The van der Waals surface area contributed by atoms with Gasteiger partial charge in [0.05, 0.1) is 11.4 Å². The molecule has 0 unspecified atom stereocenters. The number of nitrogens with one attached hydrogen (secondary N) is 2. The molecule has 0 heterocycles. The first-order chi connectivity index (χ1) is 23.5. The average molecular weight is 665 g/mol. The largest absolute Gasteiger partial charge is 0.367 e. The Morgan fingerprint density at radius 1 is 0.396 bits per heavy atom. The number of amidine groups is 2. The zero-order chi connectivity index (χ0) is 33.3. The van der Waals surface area contributed by atoms with Gasteiger partial charge in [-0.1, -0.05) is 146 Å². The third-order valence-electron chi connectivity index (χ3n) is 7.65. The van der Waals surface area contributed by atoms with Gasteiger partial charge in [-0.05, 0) is 61.0 Å². The minimum Gasteiger partial charge on any atom is -0.367 e. The number of hydrogen-bond donors (Lipinski definition) is 2. The molecule has 2 N–H and O–H groups in total.